The second kappa shape index (κ2) is 8.50. The number of amides is 1. The van der Waals surface area contributed by atoms with Crippen LogP contribution in [0.25, 0.3) is 11.0 Å². The quantitative estimate of drug-likeness (QED) is 0.313. The molecule has 1 aromatic carbocycles. The van der Waals surface area contributed by atoms with Crippen molar-refractivity contribution in [3.8, 4) is 0 Å². The first-order valence-electron chi connectivity index (χ1n) is 8.65. The number of rotatable bonds is 8. The monoisotopic (exact) mass is 428 g/mol. The Labute approximate surface area is 173 Å². The van der Waals surface area contributed by atoms with E-state index in [4.69, 9.17) is 8.83 Å². The van der Waals surface area contributed by atoms with E-state index in [1.54, 1.807) is 18.4 Å². The molecule has 10 heteroatoms. The van der Waals surface area contributed by atoms with Crippen molar-refractivity contribution in [2.75, 3.05) is 16.4 Å². The molecule has 0 radical (unpaired) electrons. The molecule has 1 amide bonds. The van der Waals surface area contributed by atoms with Crippen molar-refractivity contribution >= 4 is 56.6 Å². The molecule has 148 valence electrons. The molecule has 0 unspecified atom stereocenters. The van der Waals surface area contributed by atoms with Crippen molar-refractivity contribution in [3.63, 3.8) is 0 Å². The highest BCUT2D eigenvalue weighted by molar-refractivity contribution is 8.01. The number of Topliss-reactive ketones (excluding diaryl/α,β-unsaturated/α-hetero) is 1. The first kappa shape index (κ1) is 19.2. The SMILES string of the molecule is CC(=O)c1oc2ccccc2c1NC(=O)CSc1nnc(NCc2ccco2)s1. The molecular weight excluding hydrogens is 412 g/mol. The number of nitrogens with one attached hydrogen (secondary N) is 2. The fourth-order valence-corrected chi connectivity index (χ4v) is 4.18. The summed E-state index contributed by atoms with van der Waals surface area (Å²) >= 11 is 2.62. The number of carbonyl (C=O) groups excluding carboxylic acids is 2. The molecule has 29 heavy (non-hydrogen) atoms. The maximum absolute atomic E-state index is 12.4. The van der Waals surface area contributed by atoms with Crippen LogP contribution in [-0.4, -0.2) is 27.6 Å². The second-order valence-corrected chi connectivity index (χ2v) is 8.20. The van der Waals surface area contributed by atoms with Gasteiger partial charge >= 0.3 is 0 Å². The van der Waals surface area contributed by atoms with Gasteiger partial charge in [0.05, 0.1) is 24.2 Å². The van der Waals surface area contributed by atoms with Crippen LogP contribution in [0.4, 0.5) is 10.8 Å². The number of carbonyl (C=O) groups is 2. The fraction of sp³-hybridized carbons (Fsp3) is 0.158. The van der Waals surface area contributed by atoms with Gasteiger partial charge in [0.15, 0.2) is 15.9 Å². The van der Waals surface area contributed by atoms with Crippen LogP contribution >= 0.6 is 23.1 Å². The summed E-state index contributed by atoms with van der Waals surface area (Å²) in [7, 11) is 0. The Kier molecular flexibility index (Phi) is 5.63. The second-order valence-electron chi connectivity index (χ2n) is 6.00. The van der Waals surface area contributed by atoms with E-state index in [1.165, 1.54) is 30.0 Å². The van der Waals surface area contributed by atoms with Gasteiger partial charge in [-0.15, -0.1) is 10.2 Å². The Hall–Kier alpha value is -3.11. The molecule has 8 nitrogen and oxygen atoms in total. The molecular formula is C19H16N4O4S2. The normalized spacial score (nSPS) is 10.9. The van der Waals surface area contributed by atoms with Crippen LogP contribution in [0, 0.1) is 0 Å². The van der Waals surface area contributed by atoms with Crippen molar-refractivity contribution < 1.29 is 18.4 Å². The summed E-state index contributed by atoms with van der Waals surface area (Å²) in [5, 5.41) is 15.4. The minimum Gasteiger partial charge on any atom is -0.467 e. The number of ketones is 1. The van der Waals surface area contributed by atoms with Crippen molar-refractivity contribution in [1.29, 1.82) is 0 Å². The van der Waals surface area contributed by atoms with Gasteiger partial charge in [-0.2, -0.15) is 0 Å². The number of furan rings is 2. The van der Waals surface area contributed by atoms with Gasteiger partial charge in [0, 0.05) is 12.3 Å². The van der Waals surface area contributed by atoms with Crippen LogP contribution in [-0.2, 0) is 11.3 Å². The van der Waals surface area contributed by atoms with Gasteiger partial charge < -0.3 is 19.5 Å². The molecule has 0 aliphatic heterocycles. The van der Waals surface area contributed by atoms with E-state index in [0.29, 0.717) is 32.7 Å². The summed E-state index contributed by atoms with van der Waals surface area (Å²) in [4.78, 5) is 24.3. The summed E-state index contributed by atoms with van der Waals surface area (Å²) in [6.45, 7) is 1.91. The zero-order chi connectivity index (χ0) is 20.2. The van der Waals surface area contributed by atoms with Crippen LogP contribution in [0.2, 0.25) is 0 Å². The zero-order valence-electron chi connectivity index (χ0n) is 15.3. The summed E-state index contributed by atoms with van der Waals surface area (Å²) in [6, 6.07) is 10.9. The van der Waals surface area contributed by atoms with Gasteiger partial charge in [-0.25, -0.2) is 0 Å². The third-order valence-corrected chi connectivity index (χ3v) is 5.92. The van der Waals surface area contributed by atoms with E-state index in [1.807, 2.05) is 24.3 Å². The number of aromatic nitrogens is 2. The van der Waals surface area contributed by atoms with Gasteiger partial charge in [0.2, 0.25) is 11.0 Å². The first-order chi connectivity index (χ1) is 14.1. The molecule has 0 spiro atoms. The predicted octanol–water partition coefficient (Wildman–Crippen LogP) is 4.42. The smallest absolute Gasteiger partial charge is 0.234 e. The molecule has 0 saturated carbocycles. The molecule has 4 aromatic rings. The summed E-state index contributed by atoms with van der Waals surface area (Å²) in [5.41, 5.74) is 0.953. The van der Waals surface area contributed by atoms with Crippen LogP contribution in [0.5, 0.6) is 0 Å². The van der Waals surface area contributed by atoms with Gasteiger partial charge in [-0.05, 0) is 24.3 Å². The molecule has 0 saturated heterocycles. The third-order valence-electron chi connectivity index (χ3n) is 3.91. The number of benzene rings is 1. The molecule has 0 aliphatic carbocycles. The maximum atomic E-state index is 12.4. The Bertz CT molecular complexity index is 1150. The average molecular weight is 428 g/mol. The summed E-state index contributed by atoms with van der Waals surface area (Å²) in [5.74, 6) is 0.557. The third kappa shape index (κ3) is 4.49. The van der Waals surface area contributed by atoms with Crippen molar-refractivity contribution in [1.82, 2.24) is 10.2 Å². The lowest BCUT2D eigenvalue weighted by Crippen LogP contribution is -2.15. The largest absolute Gasteiger partial charge is 0.467 e. The summed E-state index contributed by atoms with van der Waals surface area (Å²) in [6.07, 6.45) is 1.61. The van der Waals surface area contributed by atoms with Gasteiger partial charge in [-0.1, -0.05) is 35.2 Å². The molecule has 0 bridgehead atoms. The van der Waals surface area contributed by atoms with E-state index >= 15 is 0 Å². The van der Waals surface area contributed by atoms with E-state index in [-0.39, 0.29) is 23.2 Å². The summed E-state index contributed by atoms with van der Waals surface area (Å²) < 4.78 is 11.5. The lowest BCUT2D eigenvalue weighted by Gasteiger charge is -2.03. The highest BCUT2D eigenvalue weighted by Crippen LogP contribution is 2.32. The van der Waals surface area contributed by atoms with E-state index in [9.17, 15) is 9.59 Å². The Morgan fingerprint density at radius 1 is 1.17 bits per heavy atom. The average Bonchev–Trinajstić information content (AvgIpc) is 3.45. The van der Waals surface area contributed by atoms with E-state index in [2.05, 4.69) is 20.8 Å². The van der Waals surface area contributed by atoms with Crippen LogP contribution in [0.15, 0.2) is 55.8 Å². The molecule has 3 aromatic heterocycles. The van der Waals surface area contributed by atoms with Crippen LogP contribution in [0.3, 0.4) is 0 Å². The standard InChI is InChI=1S/C19H16N4O4S2/c1-11(24)17-16(13-6-2-3-7-14(13)27-17)21-15(25)10-28-19-23-22-18(29-19)20-9-12-5-4-8-26-12/h2-8H,9-10H2,1H3,(H,20,22)(H,21,25). The molecule has 3 heterocycles. The topological polar surface area (TPSA) is 110 Å². The fourth-order valence-electron chi connectivity index (χ4n) is 2.64. The number of nitrogens with zero attached hydrogens (tertiary/aromatic N) is 2. The molecule has 0 aliphatic rings. The van der Waals surface area contributed by atoms with Crippen molar-refractivity contribution in [2.24, 2.45) is 0 Å². The molecule has 0 atom stereocenters. The first-order valence-corrected chi connectivity index (χ1v) is 10.5. The number of thioether (sulfide) groups is 1. The van der Waals surface area contributed by atoms with E-state index in [0.717, 1.165) is 5.76 Å². The molecule has 4 rings (SSSR count). The number of para-hydroxylation sites is 1. The number of fused-ring (bicyclic) bond motifs is 1. The number of hydrogen-bond acceptors (Lipinski definition) is 9. The minimum absolute atomic E-state index is 0.129. The van der Waals surface area contributed by atoms with Gasteiger partial charge in [0.25, 0.3) is 0 Å². The van der Waals surface area contributed by atoms with Gasteiger partial charge in [-0.3, -0.25) is 9.59 Å². The van der Waals surface area contributed by atoms with Crippen LogP contribution in [0.1, 0.15) is 23.2 Å². The lowest BCUT2D eigenvalue weighted by atomic mass is 10.2. The predicted molar refractivity (Wildman–Crippen MR) is 112 cm³/mol. The van der Waals surface area contributed by atoms with Crippen molar-refractivity contribution in [3.05, 3.63) is 54.2 Å². The Morgan fingerprint density at radius 3 is 2.83 bits per heavy atom. The number of hydrogen-bond donors (Lipinski definition) is 2. The highest BCUT2D eigenvalue weighted by Gasteiger charge is 2.19. The highest BCUT2D eigenvalue weighted by atomic mass is 32.2. The Morgan fingerprint density at radius 2 is 2.03 bits per heavy atom. The number of anilines is 2. The Balaban J connectivity index is 1.37. The van der Waals surface area contributed by atoms with Crippen molar-refractivity contribution in [2.45, 2.75) is 17.8 Å². The minimum atomic E-state index is -0.260. The zero-order valence-corrected chi connectivity index (χ0v) is 16.9. The van der Waals surface area contributed by atoms with Crippen LogP contribution < -0.4 is 10.6 Å². The van der Waals surface area contributed by atoms with Gasteiger partial charge in [0.1, 0.15) is 11.3 Å². The molecule has 0 fully saturated rings. The lowest BCUT2D eigenvalue weighted by molar-refractivity contribution is -0.113. The van der Waals surface area contributed by atoms with E-state index < -0.39 is 0 Å². The molecule has 2 N–H and O–H groups in total. The maximum Gasteiger partial charge on any atom is 0.234 e.